The molecule has 0 fully saturated rings. The molecule has 0 aromatic heterocycles. The minimum Gasteiger partial charge on any atom is -0.389 e. The molecule has 1 aliphatic carbocycles. The topological polar surface area (TPSA) is 20.2 Å². The molecule has 0 aliphatic heterocycles. The van der Waals surface area contributed by atoms with Crippen LogP contribution >= 0.6 is 11.8 Å². The van der Waals surface area contributed by atoms with E-state index in [0.717, 1.165) is 10.5 Å². The van der Waals surface area contributed by atoms with Gasteiger partial charge in [0.05, 0.1) is 6.10 Å². The normalized spacial score (nSPS) is 15.3. The van der Waals surface area contributed by atoms with Gasteiger partial charge < -0.3 is 5.11 Å². The lowest BCUT2D eigenvalue weighted by molar-refractivity contribution is 0.196. The highest BCUT2D eigenvalue weighted by Crippen LogP contribution is 2.35. The zero-order valence-corrected chi connectivity index (χ0v) is 11.9. The van der Waals surface area contributed by atoms with E-state index in [4.69, 9.17) is 0 Å². The predicted molar refractivity (Wildman–Crippen MR) is 79.7 cm³/mol. The van der Waals surface area contributed by atoms with Gasteiger partial charge in [-0.2, -0.15) is 0 Å². The minimum absolute atomic E-state index is 0.418. The van der Waals surface area contributed by atoms with E-state index in [1.165, 1.54) is 35.3 Å². The fraction of sp³-hybridized carbons (Fsp3) is 0.294. The molecule has 1 atom stereocenters. The average Bonchev–Trinajstić information content (AvgIpc) is 2.86. The Morgan fingerprint density at radius 1 is 1.05 bits per heavy atom. The molecule has 0 amide bonds. The van der Waals surface area contributed by atoms with Crippen LogP contribution in [0.25, 0.3) is 0 Å². The van der Waals surface area contributed by atoms with Gasteiger partial charge in [-0.15, -0.1) is 0 Å². The van der Waals surface area contributed by atoms with E-state index in [2.05, 4.69) is 24.3 Å². The van der Waals surface area contributed by atoms with Gasteiger partial charge >= 0.3 is 0 Å². The van der Waals surface area contributed by atoms with Crippen LogP contribution in [0.2, 0.25) is 0 Å². The van der Waals surface area contributed by atoms with Gasteiger partial charge in [0.15, 0.2) is 0 Å². The van der Waals surface area contributed by atoms with Crippen molar-refractivity contribution in [2.24, 2.45) is 0 Å². The first kappa shape index (κ1) is 12.8. The zero-order valence-electron chi connectivity index (χ0n) is 11.1. The number of rotatable bonds is 3. The molecule has 2 aromatic carbocycles. The number of hydrogen-bond donors (Lipinski definition) is 1. The molecule has 1 aliphatic rings. The summed E-state index contributed by atoms with van der Waals surface area (Å²) in [7, 11) is 0. The Kier molecular flexibility index (Phi) is 3.63. The molecule has 2 heteroatoms. The van der Waals surface area contributed by atoms with Gasteiger partial charge in [0.2, 0.25) is 0 Å². The summed E-state index contributed by atoms with van der Waals surface area (Å²) >= 11 is 1.75. The average molecular weight is 270 g/mol. The predicted octanol–water partition coefficient (Wildman–Crippen LogP) is 4.38. The molecule has 19 heavy (non-hydrogen) atoms. The van der Waals surface area contributed by atoms with Gasteiger partial charge in [-0.3, -0.25) is 0 Å². The van der Waals surface area contributed by atoms with Crippen molar-refractivity contribution in [3.05, 3.63) is 59.2 Å². The number of aryl methyl sites for hydroxylation is 2. The van der Waals surface area contributed by atoms with Crippen LogP contribution < -0.4 is 0 Å². The molecular weight excluding hydrogens is 252 g/mol. The Hall–Kier alpha value is -1.25. The van der Waals surface area contributed by atoms with Crippen molar-refractivity contribution in [3.63, 3.8) is 0 Å². The van der Waals surface area contributed by atoms with Gasteiger partial charge in [-0.25, -0.2) is 0 Å². The molecule has 0 saturated carbocycles. The molecule has 0 bridgehead atoms. The monoisotopic (exact) mass is 270 g/mol. The van der Waals surface area contributed by atoms with Gasteiger partial charge in [0.1, 0.15) is 0 Å². The van der Waals surface area contributed by atoms with Crippen LogP contribution in [-0.4, -0.2) is 5.11 Å². The fourth-order valence-corrected chi connectivity index (χ4v) is 3.75. The van der Waals surface area contributed by atoms with Crippen LogP contribution in [0.15, 0.2) is 52.3 Å². The highest BCUT2D eigenvalue weighted by atomic mass is 32.2. The summed E-state index contributed by atoms with van der Waals surface area (Å²) in [6.45, 7) is 1.82. The van der Waals surface area contributed by atoms with Crippen molar-refractivity contribution in [2.75, 3.05) is 0 Å². The third kappa shape index (κ3) is 2.70. The molecule has 1 nitrogen and oxygen atoms in total. The maximum Gasteiger partial charge on any atom is 0.0772 e. The van der Waals surface area contributed by atoms with Crippen molar-refractivity contribution < 1.29 is 5.11 Å². The highest BCUT2D eigenvalue weighted by Gasteiger charge is 2.13. The second-order valence-electron chi connectivity index (χ2n) is 5.10. The molecule has 2 aromatic rings. The third-order valence-corrected chi connectivity index (χ3v) is 4.75. The molecule has 0 spiro atoms. The SMILES string of the molecule is CC(O)c1ccccc1Sc1ccc2c(c1)CCC2. The van der Waals surface area contributed by atoms with Crippen LogP contribution in [0.3, 0.4) is 0 Å². The van der Waals surface area contributed by atoms with E-state index in [1.807, 2.05) is 25.1 Å². The van der Waals surface area contributed by atoms with Crippen LogP contribution in [-0.2, 0) is 12.8 Å². The number of benzene rings is 2. The summed E-state index contributed by atoms with van der Waals surface area (Å²) in [4.78, 5) is 2.42. The molecular formula is C17H18OS. The minimum atomic E-state index is -0.418. The van der Waals surface area contributed by atoms with E-state index in [0.29, 0.717) is 0 Å². The standard InChI is InChI=1S/C17H18OS/c1-12(18)16-7-2-3-8-17(16)19-15-10-9-13-5-4-6-14(13)11-15/h2-3,7-12,18H,4-6H2,1H3. The zero-order chi connectivity index (χ0) is 13.2. The summed E-state index contributed by atoms with van der Waals surface area (Å²) in [5.74, 6) is 0. The Morgan fingerprint density at radius 2 is 1.84 bits per heavy atom. The lowest BCUT2D eigenvalue weighted by Crippen LogP contribution is -1.93. The van der Waals surface area contributed by atoms with Crippen LogP contribution in [0.4, 0.5) is 0 Å². The molecule has 0 saturated heterocycles. The van der Waals surface area contributed by atoms with Gasteiger partial charge in [-0.05, 0) is 61.1 Å². The van der Waals surface area contributed by atoms with E-state index in [1.54, 1.807) is 11.8 Å². The van der Waals surface area contributed by atoms with Crippen LogP contribution in [0.1, 0.15) is 36.1 Å². The lowest BCUT2D eigenvalue weighted by atomic mass is 10.1. The van der Waals surface area contributed by atoms with Crippen molar-refractivity contribution >= 4 is 11.8 Å². The van der Waals surface area contributed by atoms with Crippen LogP contribution in [0.5, 0.6) is 0 Å². The lowest BCUT2D eigenvalue weighted by Gasteiger charge is -2.12. The number of hydrogen-bond acceptors (Lipinski definition) is 2. The Balaban J connectivity index is 1.89. The van der Waals surface area contributed by atoms with Gasteiger partial charge in [0, 0.05) is 9.79 Å². The van der Waals surface area contributed by atoms with Crippen LogP contribution in [0, 0.1) is 0 Å². The molecule has 98 valence electrons. The summed E-state index contributed by atoms with van der Waals surface area (Å²) in [6, 6.07) is 14.9. The smallest absolute Gasteiger partial charge is 0.0772 e. The van der Waals surface area contributed by atoms with Crippen molar-refractivity contribution in [1.29, 1.82) is 0 Å². The maximum absolute atomic E-state index is 9.82. The van der Waals surface area contributed by atoms with E-state index in [-0.39, 0.29) is 0 Å². The molecule has 3 rings (SSSR count). The first-order valence-corrected chi connectivity index (χ1v) is 7.62. The quantitative estimate of drug-likeness (QED) is 0.893. The third-order valence-electron chi connectivity index (χ3n) is 3.67. The van der Waals surface area contributed by atoms with E-state index >= 15 is 0 Å². The summed E-state index contributed by atoms with van der Waals surface area (Å²) in [6.07, 6.45) is 3.30. The largest absolute Gasteiger partial charge is 0.389 e. The van der Waals surface area contributed by atoms with Gasteiger partial charge in [-0.1, -0.05) is 36.0 Å². The molecule has 1 unspecified atom stereocenters. The first-order valence-electron chi connectivity index (χ1n) is 6.80. The summed E-state index contributed by atoms with van der Waals surface area (Å²) in [5.41, 5.74) is 4.01. The number of aliphatic hydroxyl groups is 1. The maximum atomic E-state index is 9.82. The number of fused-ring (bicyclic) bond motifs is 1. The number of aliphatic hydroxyl groups excluding tert-OH is 1. The summed E-state index contributed by atoms with van der Waals surface area (Å²) < 4.78 is 0. The van der Waals surface area contributed by atoms with E-state index in [9.17, 15) is 5.11 Å². The fourth-order valence-electron chi connectivity index (χ4n) is 2.66. The Labute approximate surface area is 118 Å². The molecule has 1 N–H and O–H groups in total. The van der Waals surface area contributed by atoms with Crippen molar-refractivity contribution in [1.82, 2.24) is 0 Å². The first-order chi connectivity index (χ1) is 9.24. The second-order valence-corrected chi connectivity index (χ2v) is 6.22. The van der Waals surface area contributed by atoms with Crippen molar-refractivity contribution in [2.45, 2.75) is 42.1 Å². The van der Waals surface area contributed by atoms with E-state index < -0.39 is 6.10 Å². The highest BCUT2D eigenvalue weighted by molar-refractivity contribution is 7.99. The second kappa shape index (κ2) is 5.40. The molecule has 0 radical (unpaired) electrons. The van der Waals surface area contributed by atoms with Crippen molar-refractivity contribution in [3.8, 4) is 0 Å². The Bertz CT molecular complexity index is 590. The van der Waals surface area contributed by atoms with Gasteiger partial charge in [0.25, 0.3) is 0 Å². The summed E-state index contributed by atoms with van der Waals surface area (Å²) in [5, 5.41) is 9.82. The Morgan fingerprint density at radius 3 is 2.68 bits per heavy atom. The molecule has 0 heterocycles.